The molecule has 0 saturated carbocycles. The maximum atomic E-state index is 15.5. The number of unbranched alkanes of at least 4 members (excludes halogenated alkanes) is 1. The number of carbonyl (C=O) groups is 2. The van der Waals surface area contributed by atoms with Crippen LogP contribution < -0.4 is 27.0 Å². The van der Waals surface area contributed by atoms with Gasteiger partial charge < -0.3 is 27.0 Å². The third kappa shape index (κ3) is 9.71. The highest BCUT2D eigenvalue weighted by molar-refractivity contribution is 6.04. The summed E-state index contributed by atoms with van der Waals surface area (Å²) in [5.41, 5.74) is 7.63. The van der Waals surface area contributed by atoms with Gasteiger partial charge in [-0.2, -0.15) is 0 Å². The molecule has 3 aliphatic heterocycles. The number of likely N-dealkylation sites (tertiary alicyclic amines) is 1. The van der Waals surface area contributed by atoms with Crippen LogP contribution >= 0.6 is 0 Å². The first-order chi connectivity index (χ1) is 19.8. The number of hydrogen-bond acceptors (Lipinski definition) is 7. The van der Waals surface area contributed by atoms with Gasteiger partial charge in [-0.1, -0.05) is 32.8 Å². The fraction of sp³-hybridized carbons (Fsp3) is 0.839. The summed E-state index contributed by atoms with van der Waals surface area (Å²) in [5, 5.41) is 12.6. The van der Waals surface area contributed by atoms with Crippen LogP contribution in [-0.4, -0.2) is 91.3 Å². The molecule has 9 nitrogen and oxygen atoms in total. The molecule has 2 fully saturated rings. The molecule has 0 spiro atoms. The number of nitrogens with one attached hydrogen (secondary N) is 4. The number of rotatable bonds is 8. The second kappa shape index (κ2) is 15.6. The first-order valence-corrected chi connectivity index (χ1v) is 15.9. The summed E-state index contributed by atoms with van der Waals surface area (Å²) in [6.07, 6.45) is 3.29. The molecule has 240 valence electrons. The summed E-state index contributed by atoms with van der Waals surface area (Å²) in [7, 11) is 0. The lowest BCUT2D eigenvalue weighted by Gasteiger charge is -2.45. The van der Waals surface area contributed by atoms with Crippen LogP contribution in [0.15, 0.2) is 16.8 Å². The van der Waals surface area contributed by atoms with Crippen molar-refractivity contribution in [3.8, 4) is 0 Å². The minimum atomic E-state index is -1.18. The van der Waals surface area contributed by atoms with E-state index in [4.69, 9.17) is 5.73 Å². The minimum absolute atomic E-state index is 0.0344. The highest BCUT2D eigenvalue weighted by Gasteiger charge is 2.42. The van der Waals surface area contributed by atoms with Gasteiger partial charge in [0.1, 0.15) is 18.3 Å². The van der Waals surface area contributed by atoms with E-state index in [1.165, 1.54) is 0 Å². The molecule has 0 aromatic carbocycles. The molecule has 11 heteroatoms. The van der Waals surface area contributed by atoms with Crippen molar-refractivity contribution in [3.63, 3.8) is 0 Å². The Morgan fingerprint density at radius 3 is 2.52 bits per heavy atom. The van der Waals surface area contributed by atoms with Crippen molar-refractivity contribution in [2.45, 2.75) is 116 Å². The van der Waals surface area contributed by atoms with Gasteiger partial charge in [0, 0.05) is 42.4 Å². The number of aliphatic imine (C=N–C) groups is 1. The van der Waals surface area contributed by atoms with Crippen molar-refractivity contribution >= 4 is 17.5 Å². The Morgan fingerprint density at radius 1 is 1.19 bits per heavy atom. The van der Waals surface area contributed by atoms with E-state index in [2.05, 4.69) is 45.0 Å². The third-order valence-electron chi connectivity index (χ3n) is 8.71. The topological polar surface area (TPSA) is 124 Å². The summed E-state index contributed by atoms with van der Waals surface area (Å²) in [6.45, 7) is 13.6. The summed E-state index contributed by atoms with van der Waals surface area (Å²) >= 11 is 0. The largest absolute Gasteiger partial charge is 0.372 e. The van der Waals surface area contributed by atoms with Crippen LogP contribution in [0.25, 0.3) is 0 Å². The van der Waals surface area contributed by atoms with Crippen molar-refractivity contribution in [3.05, 3.63) is 11.8 Å². The van der Waals surface area contributed by atoms with Gasteiger partial charge in [-0.25, -0.2) is 8.78 Å². The van der Waals surface area contributed by atoms with Gasteiger partial charge in [-0.05, 0) is 66.0 Å². The van der Waals surface area contributed by atoms with E-state index in [1.54, 1.807) is 6.92 Å². The Labute approximate surface area is 251 Å². The van der Waals surface area contributed by atoms with Crippen molar-refractivity contribution in [1.29, 1.82) is 0 Å². The number of nitrogens with two attached hydrogens (primary N) is 1. The maximum absolute atomic E-state index is 15.5. The van der Waals surface area contributed by atoms with Gasteiger partial charge in [0.15, 0.2) is 0 Å². The van der Waals surface area contributed by atoms with E-state index in [0.29, 0.717) is 38.2 Å². The lowest BCUT2D eigenvalue weighted by molar-refractivity contribution is -0.128. The molecule has 42 heavy (non-hydrogen) atoms. The molecule has 0 aliphatic carbocycles. The van der Waals surface area contributed by atoms with E-state index in [-0.39, 0.29) is 48.7 Å². The molecule has 7 atom stereocenters. The second-order valence-corrected chi connectivity index (χ2v) is 13.5. The zero-order valence-corrected chi connectivity index (χ0v) is 26.5. The van der Waals surface area contributed by atoms with Gasteiger partial charge in [-0.15, -0.1) is 0 Å². The molecule has 6 N–H and O–H groups in total. The van der Waals surface area contributed by atoms with Crippen molar-refractivity contribution in [1.82, 2.24) is 26.2 Å². The smallest absolute Gasteiger partial charge is 0.232 e. The molecule has 2 amide bonds. The number of alkyl halides is 2. The quantitative estimate of drug-likeness (QED) is 0.294. The normalized spacial score (nSPS) is 32.5. The van der Waals surface area contributed by atoms with Crippen LogP contribution in [0.3, 0.4) is 0 Å². The lowest BCUT2D eigenvalue weighted by Crippen LogP contribution is -2.67. The van der Waals surface area contributed by atoms with E-state index in [9.17, 15) is 14.0 Å². The van der Waals surface area contributed by atoms with E-state index in [1.807, 2.05) is 26.8 Å². The third-order valence-corrected chi connectivity index (χ3v) is 8.71. The molecule has 3 rings (SSSR count). The van der Waals surface area contributed by atoms with Gasteiger partial charge in [0.2, 0.25) is 11.8 Å². The summed E-state index contributed by atoms with van der Waals surface area (Å²) < 4.78 is 30.1. The number of nitrogens with zero attached hydrogens (tertiary/aromatic N) is 2. The minimum Gasteiger partial charge on any atom is -0.372 e. The summed E-state index contributed by atoms with van der Waals surface area (Å²) in [6, 6.07) is -1.02. The number of halogens is 2. The molecular formula is C31H55F2N7O2. The van der Waals surface area contributed by atoms with Crippen LogP contribution in [-0.2, 0) is 9.59 Å². The van der Waals surface area contributed by atoms with E-state index >= 15 is 4.39 Å². The lowest BCUT2D eigenvalue weighted by atomic mass is 9.89. The Hall–Kier alpha value is -2.11. The van der Waals surface area contributed by atoms with Crippen LogP contribution in [0.2, 0.25) is 0 Å². The highest BCUT2D eigenvalue weighted by atomic mass is 19.1. The molecule has 0 bridgehead atoms. The van der Waals surface area contributed by atoms with Gasteiger partial charge in [0.05, 0.1) is 24.8 Å². The Bertz CT molecular complexity index is 961. The fourth-order valence-electron chi connectivity index (χ4n) is 6.32. The predicted molar refractivity (Wildman–Crippen MR) is 165 cm³/mol. The van der Waals surface area contributed by atoms with Crippen molar-refractivity contribution in [2.24, 2.45) is 28.5 Å². The molecule has 0 aromatic rings. The number of carbonyl (C=O) groups excluding carboxylic acids is 2. The summed E-state index contributed by atoms with van der Waals surface area (Å²) in [5.74, 6) is -1.12. The molecule has 3 aliphatic rings. The standard InChI is InChI=1S/C31H55F2N7O2/c1-7-8-9-19(2)24-11-10-22(32)16-36-20(3)26(28(34)37-24)30(42)38-25-18-35-17-23(33)27(25)40-14-12-21(13-15-40)29(41)39-31(4,5)6/h11,19,21-23,25-28,35,37H,7-10,12-18,34H2,1-6H3,(H,38,42)(H,39,41)/b24-11-,36-20?. The zero-order valence-electron chi connectivity index (χ0n) is 26.5. The Kier molecular flexibility index (Phi) is 12.7. The number of allylic oxidation sites excluding steroid dienone is 2. The molecule has 2 saturated heterocycles. The maximum Gasteiger partial charge on any atom is 0.232 e. The van der Waals surface area contributed by atoms with Crippen LogP contribution in [0, 0.1) is 17.8 Å². The van der Waals surface area contributed by atoms with E-state index < -0.39 is 36.5 Å². The van der Waals surface area contributed by atoms with E-state index in [0.717, 1.165) is 25.0 Å². The first-order valence-electron chi connectivity index (χ1n) is 15.9. The van der Waals surface area contributed by atoms with Gasteiger partial charge in [-0.3, -0.25) is 19.5 Å². The summed E-state index contributed by atoms with van der Waals surface area (Å²) in [4.78, 5) is 33.0. The second-order valence-electron chi connectivity index (χ2n) is 13.5. The molecule has 3 heterocycles. The average molecular weight is 596 g/mol. The number of amides is 2. The number of hydrogen-bond donors (Lipinski definition) is 5. The zero-order chi connectivity index (χ0) is 31.0. The van der Waals surface area contributed by atoms with Crippen molar-refractivity contribution in [2.75, 3.05) is 32.7 Å². The van der Waals surface area contributed by atoms with Gasteiger partial charge in [0.25, 0.3) is 0 Å². The SMILES string of the molecule is CCCCC(C)/C1=C/CC(F)CN=C(C)C(C(=O)NC2CNCC(F)C2N2CCC(C(=O)NC(C)(C)C)CC2)C(N)N1. The monoisotopic (exact) mass is 595 g/mol. The van der Waals surface area contributed by atoms with Crippen LogP contribution in [0.4, 0.5) is 8.78 Å². The first kappa shape index (κ1) is 34.4. The number of piperidine rings is 2. The molecule has 7 unspecified atom stereocenters. The fourth-order valence-corrected chi connectivity index (χ4v) is 6.32. The van der Waals surface area contributed by atoms with Gasteiger partial charge >= 0.3 is 0 Å². The van der Waals surface area contributed by atoms with Crippen LogP contribution in [0.1, 0.15) is 80.1 Å². The van der Waals surface area contributed by atoms with Crippen molar-refractivity contribution < 1.29 is 18.4 Å². The molecular weight excluding hydrogens is 540 g/mol. The molecule has 0 radical (unpaired) electrons. The predicted octanol–water partition coefficient (Wildman–Crippen LogP) is 2.81. The Balaban J connectivity index is 1.73. The average Bonchev–Trinajstić information content (AvgIpc) is 2.92. The molecule has 0 aromatic heterocycles. The Morgan fingerprint density at radius 2 is 1.88 bits per heavy atom. The van der Waals surface area contributed by atoms with Crippen LogP contribution in [0.5, 0.6) is 0 Å². The highest BCUT2D eigenvalue weighted by Crippen LogP contribution is 2.26.